The van der Waals surface area contributed by atoms with Gasteiger partial charge in [0.05, 0.1) is 11.0 Å². The first-order valence-electron chi connectivity index (χ1n) is 5.60. The molecular weight excluding hydrogens is 247 g/mol. The highest BCUT2D eigenvalue weighted by molar-refractivity contribution is 7.80. The summed E-state index contributed by atoms with van der Waals surface area (Å²) in [5, 5.41) is 0. The minimum atomic E-state index is -0.278. The van der Waals surface area contributed by atoms with Crippen molar-refractivity contribution in [2.45, 2.75) is 6.04 Å². The second-order valence-electron chi connectivity index (χ2n) is 3.89. The number of halogens is 1. The number of nitrogens with zero attached hydrogens (tertiary/aromatic N) is 1. The fourth-order valence-electron chi connectivity index (χ4n) is 1.82. The van der Waals surface area contributed by atoms with E-state index in [1.807, 2.05) is 4.90 Å². The first kappa shape index (κ1) is 14.5. The molecule has 96 valence electrons. The number of thiocarbonyl (C=S) groups is 1. The average molecular weight is 264 g/mol. The Labute approximate surface area is 113 Å². The molecule has 0 bridgehead atoms. The summed E-state index contributed by atoms with van der Waals surface area (Å²) in [6.45, 7) is 8.69. The summed E-state index contributed by atoms with van der Waals surface area (Å²) in [6, 6.07) is 5.95. The minimum Gasteiger partial charge on any atom is -0.392 e. The molecule has 0 aliphatic rings. The van der Waals surface area contributed by atoms with E-state index >= 15 is 0 Å². The molecule has 0 aliphatic carbocycles. The second kappa shape index (κ2) is 7.03. The van der Waals surface area contributed by atoms with Gasteiger partial charge in [0.1, 0.15) is 5.82 Å². The van der Waals surface area contributed by atoms with Gasteiger partial charge in [-0.25, -0.2) is 4.39 Å². The van der Waals surface area contributed by atoms with Crippen LogP contribution in [0.1, 0.15) is 11.6 Å². The number of hydrogen-bond donors (Lipinski definition) is 1. The molecule has 2 N–H and O–H groups in total. The van der Waals surface area contributed by atoms with Crippen LogP contribution in [0.3, 0.4) is 0 Å². The van der Waals surface area contributed by atoms with Gasteiger partial charge in [0.25, 0.3) is 0 Å². The molecule has 0 fully saturated rings. The maximum Gasteiger partial charge on any atom is 0.123 e. The molecule has 0 amide bonds. The summed E-state index contributed by atoms with van der Waals surface area (Å²) < 4.78 is 12.9. The summed E-state index contributed by atoms with van der Waals surface area (Å²) in [4.78, 5) is 2.38. The fourth-order valence-corrected chi connectivity index (χ4v) is 2.10. The predicted octanol–water partition coefficient (Wildman–Crippen LogP) is 2.83. The van der Waals surface area contributed by atoms with Gasteiger partial charge in [-0.3, -0.25) is 4.90 Å². The smallest absolute Gasteiger partial charge is 0.123 e. The van der Waals surface area contributed by atoms with Gasteiger partial charge in [-0.15, -0.1) is 13.2 Å². The van der Waals surface area contributed by atoms with E-state index in [0.717, 1.165) is 5.56 Å². The van der Waals surface area contributed by atoms with Gasteiger partial charge >= 0.3 is 0 Å². The molecule has 0 saturated heterocycles. The molecule has 18 heavy (non-hydrogen) atoms. The Morgan fingerprint density at radius 2 is 1.78 bits per heavy atom. The maximum atomic E-state index is 12.9. The van der Waals surface area contributed by atoms with Crippen LogP contribution in [0.4, 0.5) is 4.39 Å². The van der Waals surface area contributed by atoms with E-state index in [9.17, 15) is 4.39 Å². The Morgan fingerprint density at radius 1 is 1.28 bits per heavy atom. The van der Waals surface area contributed by atoms with Crippen LogP contribution < -0.4 is 5.73 Å². The van der Waals surface area contributed by atoms with Crippen molar-refractivity contribution >= 4 is 17.2 Å². The van der Waals surface area contributed by atoms with Gasteiger partial charge in [-0.1, -0.05) is 36.5 Å². The SMILES string of the molecule is C=CCN(CC=C)C(C(N)=S)c1ccc(F)cc1. The van der Waals surface area contributed by atoms with Gasteiger partial charge in [0, 0.05) is 13.1 Å². The van der Waals surface area contributed by atoms with Gasteiger partial charge < -0.3 is 5.73 Å². The molecular formula is C14H17FN2S. The molecule has 0 aliphatic heterocycles. The highest BCUT2D eigenvalue weighted by Gasteiger charge is 2.21. The van der Waals surface area contributed by atoms with Crippen molar-refractivity contribution in [1.82, 2.24) is 4.90 Å². The normalized spacial score (nSPS) is 12.1. The van der Waals surface area contributed by atoms with E-state index in [1.54, 1.807) is 24.3 Å². The fraction of sp³-hybridized carbons (Fsp3) is 0.214. The van der Waals surface area contributed by atoms with Crippen LogP contribution in [0.2, 0.25) is 0 Å². The van der Waals surface area contributed by atoms with E-state index in [2.05, 4.69) is 13.2 Å². The van der Waals surface area contributed by atoms with Crippen molar-refractivity contribution in [2.75, 3.05) is 13.1 Å². The van der Waals surface area contributed by atoms with Crippen molar-refractivity contribution < 1.29 is 4.39 Å². The Balaban J connectivity index is 3.06. The average Bonchev–Trinajstić information content (AvgIpc) is 2.32. The third kappa shape index (κ3) is 3.75. The van der Waals surface area contributed by atoms with Crippen molar-refractivity contribution in [2.24, 2.45) is 5.73 Å². The number of rotatable bonds is 7. The molecule has 0 saturated carbocycles. The number of nitrogens with two attached hydrogens (primary N) is 1. The van der Waals surface area contributed by atoms with Crippen LogP contribution >= 0.6 is 12.2 Å². The van der Waals surface area contributed by atoms with E-state index in [0.29, 0.717) is 18.1 Å². The molecule has 0 spiro atoms. The van der Waals surface area contributed by atoms with Crippen LogP contribution in [0.25, 0.3) is 0 Å². The van der Waals surface area contributed by atoms with Crippen molar-refractivity contribution in [1.29, 1.82) is 0 Å². The topological polar surface area (TPSA) is 29.3 Å². The monoisotopic (exact) mass is 264 g/mol. The molecule has 1 aromatic rings. The molecule has 0 heterocycles. The van der Waals surface area contributed by atoms with Crippen LogP contribution in [-0.2, 0) is 0 Å². The molecule has 1 unspecified atom stereocenters. The van der Waals surface area contributed by atoms with E-state index < -0.39 is 0 Å². The summed E-state index contributed by atoms with van der Waals surface area (Å²) in [5.74, 6) is -0.278. The zero-order valence-electron chi connectivity index (χ0n) is 10.2. The van der Waals surface area contributed by atoms with Crippen LogP contribution in [0.5, 0.6) is 0 Å². The summed E-state index contributed by atoms with van der Waals surface area (Å²) in [6.07, 6.45) is 3.55. The molecule has 0 radical (unpaired) electrons. The highest BCUT2D eigenvalue weighted by Crippen LogP contribution is 2.21. The minimum absolute atomic E-state index is 0.239. The molecule has 4 heteroatoms. The lowest BCUT2D eigenvalue weighted by molar-refractivity contribution is 0.301. The van der Waals surface area contributed by atoms with E-state index in [-0.39, 0.29) is 11.9 Å². The molecule has 1 aromatic carbocycles. The van der Waals surface area contributed by atoms with E-state index in [4.69, 9.17) is 18.0 Å². The molecule has 2 nitrogen and oxygen atoms in total. The van der Waals surface area contributed by atoms with Crippen molar-refractivity contribution in [3.05, 3.63) is 61.0 Å². The van der Waals surface area contributed by atoms with Gasteiger partial charge in [-0.05, 0) is 17.7 Å². The largest absolute Gasteiger partial charge is 0.392 e. The molecule has 1 atom stereocenters. The van der Waals surface area contributed by atoms with E-state index in [1.165, 1.54) is 12.1 Å². The summed E-state index contributed by atoms with van der Waals surface area (Å²) in [5.41, 5.74) is 6.66. The maximum absolute atomic E-state index is 12.9. The first-order chi connectivity index (χ1) is 8.60. The van der Waals surface area contributed by atoms with Crippen LogP contribution in [0, 0.1) is 5.82 Å². The first-order valence-corrected chi connectivity index (χ1v) is 6.01. The Morgan fingerprint density at radius 3 is 2.17 bits per heavy atom. The lowest BCUT2D eigenvalue weighted by Crippen LogP contribution is -2.37. The van der Waals surface area contributed by atoms with Crippen LogP contribution in [-0.4, -0.2) is 23.0 Å². The Hall–Kier alpha value is -1.52. The van der Waals surface area contributed by atoms with Crippen molar-refractivity contribution in [3.63, 3.8) is 0 Å². The zero-order chi connectivity index (χ0) is 13.5. The third-order valence-corrected chi connectivity index (χ3v) is 2.77. The molecule has 0 aromatic heterocycles. The standard InChI is InChI=1S/C14H17FN2S/c1-3-9-17(10-4-2)13(14(16)18)11-5-7-12(15)8-6-11/h3-8,13H,1-2,9-10H2,(H2,16,18). The second-order valence-corrected chi connectivity index (χ2v) is 4.36. The van der Waals surface area contributed by atoms with Gasteiger partial charge in [0.2, 0.25) is 0 Å². The third-order valence-electron chi connectivity index (χ3n) is 2.55. The predicted molar refractivity (Wildman–Crippen MR) is 77.9 cm³/mol. The highest BCUT2D eigenvalue weighted by atomic mass is 32.1. The number of benzene rings is 1. The lowest BCUT2D eigenvalue weighted by Gasteiger charge is -2.29. The lowest BCUT2D eigenvalue weighted by atomic mass is 10.0. The summed E-state index contributed by atoms with van der Waals surface area (Å²) >= 11 is 5.11. The molecule has 1 rings (SSSR count). The van der Waals surface area contributed by atoms with Gasteiger partial charge in [0.15, 0.2) is 0 Å². The zero-order valence-corrected chi connectivity index (χ0v) is 11.0. The van der Waals surface area contributed by atoms with Crippen LogP contribution in [0.15, 0.2) is 49.6 Å². The quantitative estimate of drug-likeness (QED) is 0.606. The van der Waals surface area contributed by atoms with Gasteiger partial charge in [-0.2, -0.15) is 0 Å². The Bertz CT molecular complexity index is 418. The summed E-state index contributed by atoms with van der Waals surface area (Å²) in [7, 11) is 0. The number of hydrogen-bond acceptors (Lipinski definition) is 2. The Kier molecular flexibility index (Phi) is 5.68. The van der Waals surface area contributed by atoms with Crippen molar-refractivity contribution in [3.8, 4) is 0 Å².